The Morgan fingerprint density at radius 1 is 1.23 bits per heavy atom. The maximum absolute atomic E-state index is 5.51. The van der Waals surface area contributed by atoms with Crippen molar-refractivity contribution in [3.8, 4) is 0 Å². The molecule has 13 heavy (non-hydrogen) atoms. The van der Waals surface area contributed by atoms with Crippen LogP contribution in [0, 0.1) is 11.8 Å². The summed E-state index contributed by atoms with van der Waals surface area (Å²) in [4.78, 5) is 0. The lowest BCUT2D eigenvalue weighted by Gasteiger charge is -2.05. The van der Waals surface area contributed by atoms with Gasteiger partial charge < -0.3 is 5.73 Å². The first-order valence-corrected chi connectivity index (χ1v) is 5.71. The van der Waals surface area contributed by atoms with Crippen LogP contribution in [0.3, 0.4) is 0 Å². The SMILES string of the molecule is NCc1nnc(C2CC3CC3C2)s1. The Bertz CT molecular complexity index is 312. The molecular formula is C9H13N3S. The maximum Gasteiger partial charge on any atom is 0.131 e. The zero-order valence-corrected chi connectivity index (χ0v) is 8.26. The van der Waals surface area contributed by atoms with Crippen LogP contribution < -0.4 is 5.73 Å². The highest BCUT2D eigenvalue weighted by Crippen LogP contribution is 2.57. The van der Waals surface area contributed by atoms with Crippen molar-refractivity contribution in [2.75, 3.05) is 0 Å². The Hall–Kier alpha value is -0.480. The summed E-state index contributed by atoms with van der Waals surface area (Å²) in [6.07, 6.45) is 4.17. The largest absolute Gasteiger partial charge is 0.324 e. The molecule has 1 heterocycles. The van der Waals surface area contributed by atoms with E-state index in [1.165, 1.54) is 24.3 Å². The molecule has 0 spiro atoms. The van der Waals surface area contributed by atoms with E-state index in [-0.39, 0.29) is 0 Å². The van der Waals surface area contributed by atoms with E-state index in [1.54, 1.807) is 11.3 Å². The summed E-state index contributed by atoms with van der Waals surface area (Å²) in [5, 5.41) is 10.5. The molecule has 2 atom stereocenters. The van der Waals surface area contributed by atoms with Crippen LogP contribution in [0.4, 0.5) is 0 Å². The van der Waals surface area contributed by atoms with E-state index in [0.717, 1.165) is 16.8 Å². The van der Waals surface area contributed by atoms with Gasteiger partial charge in [-0.1, -0.05) is 11.3 Å². The van der Waals surface area contributed by atoms with E-state index in [2.05, 4.69) is 10.2 Å². The molecule has 3 nitrogen and oxygen atoms in total. The van der Waals surface area contributed by atoms with E-state index in [9.17, 15) is 0 Å². The molecule has 0 radical (unpaired) electrons. The molecule has 2 unspecified atom stereocenters. The monoisotopic (exact) mass is 195 g/mol. The molecule has 0 bridgehead atoms. The third kappa shape index (κ3) is 1.28. The first-order chi connectivity index (χ1) is 6.36. The van der Waals surface area contributed by atoms with Crippen molar-refractivity contribution in [3.63, 3.8) is 0 Å². The molecule has 1 aromatic rings. The van der Waals surface area contributed by atoms with Gasteiger partial charge in [0, 0.05) is 12.5 Å². The van der Waals surface area contributed by atoms with Gasteiger partial charge >= 0.3 is 0 Å². The lowest BCUT2D eigenvalue weighted by molar-refractivity contribution is 0.614. The van der Waals surface area contributed by atoms with Gasteiger partial charge in [0.05, 0.1) is 0 Å². The van der Waals surface area contributed by atoms with Gasteiger partial charge in [0.25, 0.3) is 0 Å². The summed E-state index contributed by atoms with van der Waals surface area (Å²) in [6.45, 7) is 0.539. The number of fused-ring (bicyclic) bond motifs is 1. The highest BCUT2D eigenvalue weighted by molar-refractivity contribution is 7.11. The van der Waals surface area contributed by atoms with Crippen LogP contribution in [0.1, 0.15) is 35.2 Å². The van der Waals surface area contributed by atoms with Crippen LogP contribution in [0.15, 0.2) is 0 Å². The Morgan fingerprint density at radius 3 is 2.62 bits per heavy atom. The third-order valence-electron chi connectivity index (χ3n) is 3.25. The van der Waals surface area contributed by atoms with Gasteiger partial charge in [0.1, 0.15) is 10.0 Å². The third-order valence-corrected chi connectivity index (χ3v) is 4.36. The average molecular weight is 195 g/mol. The molecule has 2 N–H and O–H groups in total. The molecular weight excluding hydrogens is 182 g/mol. The number of nitrogens with two attached hydrogens (primary N) is 1. The van der Waals surface area contributed by atoms with E-state index in [4.69, 9.17) is 5.73 Å². The number of hydrogen-bond donors (Lipinski definition) is 1. The summed E-state index contributed by atoms with van der Waals surface area (Å²) in [6, 6.07) is 0. The van der Waals surface area contributed by atoms with Crippen molar-refractivity contribution in [1.29, 1.82) is 0 Å². The van der Waals surface area contributed by atoms with Crippen molar-refractivity contribution in [3.05, 3.63) is 10.0 Å². The van der Waals surface area contributed by atoms with Gasteiger partial charge in [-0.3, -0.25) is 0 Å². The summed E-state index contributed by atoms with van der Waals surface area (Å²) >= 11 is 1.71. The normalized spacial score (nSPS) is 36.2. The van der Waals surface area contributed by atoms with Crippen molar-refractivity contribution in [1.82, 2.24) is 10.2 Å². The van der Waals surface area contributed by atoms with Crippen molar-refractivity contribution >= 4 is 11.3 Å². The van der Waals surface area contributed by atoms with E-state index in [1.807, 2.05) is 0 Å². The second kappa shape index (κ2) is 2.75. The van der Waals surface area contributed by atoms with Gasteiger partial charge in [-0.2, -0.15) is 0 Å². The fourth-order valence-electron chi connectivity index (χ4n) is 2.43. The predicted octanol–water partition coefficient (Wildman–Crippen LogP) is 1.51. The maximum atomic E-state index is 5.51. The van der Waals surface area contributed by atoms with Crippen molar-refractivity contribution < 1.29 is 0 Å². The Kier molecular flexibility index (Phi) is 1.67. The minimum absolute atomic E-state index is 0.539. The number of nitrogens with zero attached hydrogens (tertiary/aromatic N) is 2. The second-order valence-electron chi connectivity index (χ2n) is 4.16. The van der Waals surface area contributed by atoms with Crippen LogP contribution in [-0.2, 0) is 6.54 Å². The molecule has 2 saturated carbocycles. The first kappa shape index (κ1) is 7.88. The summed E-state index contributed by atoms with van der Waals surface area (Å²) in [5.74, 6) is 2.76. The van der Waals surface area contributed by atoms with Crippen LogP contribution in [0.25, 0.3) is 0 Å². The molecule has 2 fully saturated rings. The molecule has 0 saturated heterocycles. The van der Waals surface area contributed by atoms with Gasteiger partial charge in [0.2, 0.25) is 0 Å². The average Bonchev–Trinajstić information content (AvgIpc) is 2.67. The highest BCUT2D eigenvalue weighted by atomic mass is 32.1. The highest BCUT2D eigenvalue weighted by Gasteiger charge is 2.47. The lowest BCUT2D eigenvalue weighted by Crippen LogP contribution is -1.94. The fraction of sp³-hybridized carbons (Fsp3) is 0.778. The van der Waals surface area contributed by atoms with Crippen LogP contribution in [0.5, 0.6) is 0 Å². The van der Waals surface area contributed by atoms with Gasteiger partial charge in [0.15, 0.2) is 0 Å². The second-order valence-corrected chi connectivity index (χ2v) is 5.26. The molecule has 3 rings (SSSR count). The quantitative estimate of drug-likeness (QED) is 0.778. The predicted molar refractivity (Wildman–Crippen MR) is 51.4 cm³/mol. The first-order valence-electron chi connectivity index (χ1n) is 4.89. The number of rotatable bonds is 2. The molecule has 0 aromatic carbocycles. The zero-order chi connectivity index (χ0) is 8.84. The summed E-state index contributed by atoms with van der Waals surface area (Å²) in [7, 11) is 0. The molecule has 70 valence electrons. The Balaban J connectivity index is 1.77. The fourth-order valence-corrected chi connectivity index (χ4v) is 3.28. The summed E-state index contributed by atoms with van der Waals surface area (Å²) in [5.41, 5.74) is 5.51. The van der Waals surface area contributed by atoms with Crippen molar-refractivity contribution in [2.45, 2.75) is 31.7 Å². The molecule has 0 aliphatic heterocycles. The standard InChI is InChI=1S/C9H13N3S/c10-4-8-11-12-9(13-8)7-2-5-1-6(5)3-7/h5-7H,1-4,10H2. The van der Waals surface area contributed by atoms with Gasteiger partial charge in [-0.25, -0.2) is 0 Å². The van der Waals surface area contributed by atoms with E-state index >= 15 is 0 Å². The minimum atomic E-state index is 0.539. The molecule has 4 heteroatoms. The zero-order valence-electron chi connectivity index (χ0n) is 7.44. The summed E-state index contributed by atoms with van der Waals surface area (Å²) < 4.78 is 0. The smallest absolute Gasteiger partial charge is 0.131 e. The minimum Gasteiger partial charge on any atom is -0.324 e. The van der Waals surface area contributed by atoms with E-state index in [0.29, 0.717) is 12.5 Å². The molecule has 1 aromatic heterocycles. The molecule has 0 amide bonds. The van der Waals surface area contributed by atoms with Crippen LogP contribution in [-0.4, -0.2) is 10.2 Å². The van der Waals surface area contributed by atoms with E-state index < -0.39 is 0 Å². The topological polar surface area (TPSA) is 51.8 Å². The van der Waals surface area contributed by atoms with Crippen LogP contribution >= 0.6 is 11.3 Å². The molecule has 2 aliphatic rings. The van der Waals surface area contributed by atoms with Gasteiger partial charge in [-0.15, -0.1) is 10.2 Å². The van der Waals surface area contributed by atoms with Crippen LogP contribution in [0.2, 0.25) is 0 Å². The van der Waals surface area contributed by atoms with Gasteiger partial charge in [-0.05, 0) is 31.1 Å². The number of hydrogen-bond acceptors (Lipinski definition) is 4. The Labute approximate surface area is 81.4 Å². The van der Waals surface area contributed by atoms with Crippen molar-refractivity contribution in [2.24, 2.45) is 17.6 Å². The number of aromatic nitrogens is 2. The lowest BCUT2D eigenvalue weighted by atomic mass is 10.1. The molecule has 2 aliphatic carbocycles. The Morgan fingerprint density at radius 2 is 2.00 bits per heavy atom.